The van der Waals surface area contributed by atoms with E-state index < -0.39 is 10.8 Å². The van der Waals surface area contributed by atoms with Crippen LogP contribution in [0.3, 0.4) is 0 Å². The van der Waals surface area contributed by atoms with Gasteiger partial charge in [0.2, 0.25) is 5.91 Å². The van der Waals surface area contributed by atoms with Crippen molar-refractivity contribution < 1.29 is 19.9 Å². The number of carbonyl (C=O) groups excluding carboxylic acids is 1. The molecule has 0 aromatic heterocycles. The number of benzene rings is 2. The van der Waals surface area contributed by atoms with Gasteiger partial charge in [0.15, 0.2) is 11.5 Å². The quantitative estimate of drug-likeness (QED) is 0.446. The van der Waals surface area contributed by atoms with E-state index in [2.05, 4.69) is 5.32 Å². The van der Waals surface area contributed by atoms with Gasteiger partial charge in [-0.05, 0) is 30.2 Å². The normalized spacial score (nSPS) is 11.7. The van der Waals surface area contributed by atoms with Gasteiger partial charge in [0.25, 0.3) is 5.69 Å². The second-order valence-corrected chi connectivity index (χ2v) is 5.22. The topological polar surface area (TPSA) is 113 Å². The monoisotopic (exact) mass is 316 g/mol. The van der Waals surface area contributed by atoms with Crippen molar-refractivity contribution in [1.82, 2.24) is 0 Å². The molecule has 2 rings (SSSR count). The van der Waals surface area contributed by atoms with Gasteiger partial charge in [0.1, 0.15) is 0 Å². The molecule has 2 aromatic carbocycles. The summed E-state index contributed by atoms with van der Waals surface area (Å²) in [4.78, 5) is 22.3. The molecule has 0 saturated heterocycles. The zero-order chi connectivity index (χ0) is 17.0. The number of aromatic hydroxyl groups is 2. The first-order chi connectivity index (χ1) is 10.9. The number of nitro benzene ring substituents is 1. The molecule has 1 unspecified atom stereocenters. The Labute approximate surface area is 132 Å². The maximum absolute atomic E-state index is 12.2. The molecular weight excluding hydrogens is 300 g/mol. The first-order valence-electron chi connectivity index (χ1n) is 6.93. The van der Waals surface area contributed by atoms with Crippen molar-refractivity contribution in [3.05, 3.63) is 58.1 Å². The van der Waals surface area contributed by atoms with Gasteiger partial charge in [0, 0.05) is 23.7 Å². The Kier molecular flexibility index (Phi) is 4.80. The highest BCUT2D eigenvalue weighted by atomic mass is 16.6. The van der Waals surface area contributed by atoms with Crippen LogP contribution in [0.5, 0.6) is 11.5 Å². The van der Waals surface area contributed by atoms with Crippen LogP contribution in [-0.2, 0) is 11.2 Å². The third kappa shape index (κ3) is 4.19. The number of hydrogen-bond acceptors (Lipinski definition) is 5. The smallest absolute Gasteiger partial charge is 0.271 e. The molecule has 0 fully saturated rings. The molecule has 0 aliphatic rings. The zero-order valence-electron chi connectivity index (χ0n) is 12.4. The van der Waals surface area contributed by atoms with E-state index in [9.17, 15) is 25.1 Å². The van der Waals surface area contributed by atoms with Crippen molar-refractivity contribution in [3.8, 4) is 11.5 Å². The predicted molar refractivity (Wildman–Crippen MR) is 84.4 cm³/mol. The van der Waals surface area contributed by atoms with E-state index in [4.69, 9.17) is 0 Å². The lowest BCUT2D eigenvalue weighted by atomic mass is 10.00. The van der Waals surface area contributed by atoms with Crippen LogP contribution in [-0.4, -0.2) is 21.0 Å². The maximum Gasteiger partial charge on any atom is 0.271 e. The lowest BCUT2D eigenvalue weighted by molar-refractivity contribution is -0.384. The van der Waals surface area contributed by atoms with Gasteiger partial charge < -0.3 is 15.5 Å². The second-order valence-electron chi connectivity index (χ2n) is 5.22. The van der Waals surface area contributed by atoms with Gasteiger partial charge in [-0.15, -0.1) is 0 Å². The molecule has 0 spiro atoms. The minimum Gasteiger partial charge on any atom is -0.504 e. The van der Waals surface area contributed by atoms with Gasteiger partial charge in [-0.1, -0.05) is 19.1 Å². The van der Waals surface area contributed by atoms with Crippen molar-refractivity contribution >= 4 is 17.3 Å². The van der Waals surface area contributed by atoms with Gasteiger partial charge in [0.05, 0.1) is 4.92 Å². The third-order valence-electron chi connectivity index (χ3n) is 3.35. The molecule has 7 nitrogen and oxygen atoms in total. The molecule has 0 aliphatic carbocycles. The molecule has 0 heterocycles. The van der Waals surface area contributed by atoms with Crippen LogP contribution in [0.1, 0.15) is 12.5 Å². The number of anilines is 1. The number of nitrogens with zero attached hydrogens (tertiary/aromatic N) is 1. The maximum atomic E-state index is 12.2. The van der Waals surface area contributed by atoms with Crippen molar-refractivity contribution in [2.75, 3.05) is 5.32 Å². The van der Waals surface area contributed by atoms with E-state index in [0.717, 1.165) is 0 Å². The van der Waals surface area contributed by atoms with Crippen molar-refractivity contribution in [2.24, 2.45) is 5.92 Å². The fourth-order valence-corrected chi connectivity index (χ4v) is 2.10. The Morgan fingerprint density at radius 2 is 1.96 bits per heavy atom. The predicted octanol–water partition coefficient (Wildman–Crippen LogP) is 2.82. The Morgan fingerprint density at radius 1 is 1.22 bits per heavy atom. The van der Waals surface area contributed by atoms with E-state index in [1.54, 1.807) is 19.1 Å². The highest BCUT2D eigenvalue weighted by molar-refractivity contribution is 5.92. The number of nitrogens with one attached hydrogen (secondary N) is 1. The highest BCUT2D eigenvalue weighted by Crippen LogP contribution is 2.26. The Bertz CT molecular complexity index is 745. The van der Waals surface area contributed by atoms with Gasteiger partial charge in [-0.3, -0.25) is 14.9 Å². The Morgan fingerprint density at radius 3 is 2.61 bits per heavy atom. The number of non-ortho nitro benzene ring substituents is 1. The molecule has 0 radical (unpaired) electrons. The molecule has 0 bridgehead atoms. The van der Waals surface area contributed by atoms with Crippen LogP contribution >= 0.6 is 0 Å². The van der Waals surface area contributed by atoms with Gasteiger partial charge in [-0.25, -0.2) is 0 Å². The first-order valence-corrected chi connectivity index (χ1v) is 6.93. The first kappa shape index (κ1) is 16.3. The fourth-order valence-electron chi connectivity index (χ4n) is 2.10. The van der Waals surface area contributed by atoms with Crippen LogP contribution in [0.4, 0.5) is 11.4 Å². The summed E-state index contributed by atoms with van der Waals surface area (Å²) >= 11 is 0. The number of carbonyl (C=O) groups is 1. The summed E-state index contributed by atoms with van der Waals surface area (Å²) in [7, 11) is 0. The molecule has 1 atom stereocenters. The Balaban J connectivity index is 2.03. The summed E-state index contributed by atoms with van der Waals surface area (Å²) in [6.07, 6.45) is 0.356. The summed E-state index contributed by atoms with van der Waals surface area (Å²) in [6.45, 7) is 1.70. The summed E-state index contributed by atoms with van der Waals surface area (Å²) in [5.74, 6) is -1.17. The molecule has 1 amide bonds. The van der Waals surface area contributed by atoms with Crippen molar-refractivity contribution in [2.45, 2.75) is 13.3 Å². The second kappa shape index (κ2) is 6.78. The highest BCUT2D eigenvalue weighted by Gasteiger charge is 2.16. The van der Waals surface area contributed by atoms with Crippen LogP contribution in [0.25, 0.3) is 0 Å². The van der Waals surface area contributed by atoms with Crippen LogP contribution in [0, 0.1) is 16.0 Å². The van der Waals surface area contributed by atoms with Crippen LogP contribution < -0.4 is 5.32 Å². The molecule has 23 heavy (non-hydrogen) atoms. The molecular formula is C16H16N2O5. The Hall–Kier alpha value is -3.09. The van der Waals surface area contributed by atoms with E-state index in [1.165, 1.54) is 30.3 Å². The largest absolute Gasteiger partial charge is 0.504 e. The van der Waals surface area contributed by atoms with E-state index in [-0.39, 0.29) is 23.1 Å². The molecule has 7 heteroatoms. The summed E-state index contributed by atoms with van der Waals surface area (Å²) in [6, 6.07) is 10.1. The van der Waals surface area contributed by atoms with Crippen molar-refractivity contribution in [1.29, 1.82) is 0 Å². The van der Waals surface area contributed by atoms with E-state index >= 15 is 0 Å². The summed E-state index contributed by atoms with van der Waals surface area (Å²) < 4.78 is 0. The third-order valence-corrected chi connectivity index (χ3v) is 3.35. The minimum absolute atomic E-state index is 0.0982. The molecule has 3 N–H and O–H groups in total. The fraction of sp³-hybridized carbons (Fsp3) is 0.188. The van der Waals surface area contributed by atoms with Crippen LogP contribution in [0.15, 0.2) is 42.5 Å². The number of hydrogen-bond donors (Lipinski definition) is 3. The number of nitro groups is 1. The standard InChI is InChI=1S/C16H16N2O5/c1-10(7-11-5-6-14(19)15(20)8-11)16(21)17-12-3-2-4-13(9-12)18(22)23/h2-6,8-10,19-20H,7H2,1H3,(H,17,21). The van der Waals surface area contributed by atoms with E-state index in [1.807, 2.05) is 0 Å². The molecule has 120 valence electrons. The lowest BCUT2D eigenvalue weighted by Gasteiger charge is -2.12. The lowest BCUT2D eigenvalue weighted by Crippen LogP contribution is -2.22. The van der Waals surface area contributed by atoms with Crippen LogP contribution in [0.2, 0.25) is 0 Å². The summed E-state index contributed by atoms with van der Waals surface area (Å²) in [5, 5.41) is 32.1. The molecule has 0 saturated carbocycles. The molecule has 2 aromatic rings. The average Bonchev–Trinajstić information content (AvgIpc) is 2.51. The number of amides is 1. The number of phenolic OH excluding ortho intramolecular Hbond substituents is 2. The van der Waals surface area contributed by atoms with E-state index in [0.29, 0.717) is 17.7 Å². The van der Waals surface area contributed by atoms with Gasteiger partial charge in [-0.2, -0.15) is 0 Å². The number of phenols is 2. The number of rotatable bonds is 5. The minimum atomic E-state index is -0.529. The average molecular weight is 316 g/mol. The van der Waals surface area contributed by atoms with Gasteiger partial charge >= 0.3 is 0 Å². The van der Waals surface area contributed by atoms with Crippen molar-refractivity contribution in [3.63, 3.8) is 0 Å². The molecule has 0 aliphatic heterocycles. The summed E-state index contributed by atoms with van der Waals surface area (Å²) in [5.41, 5.74) is 0.950. The zero-order valence-corrected chi connectivity index (χ0v) is 12.4. The SMILES string of the molecule is CC(Cc1ccc(O)c(O)c1)C(=O)Nc1cccc([N+](=O)[O-])c1.